The number of carboxylic acid groups (broad SMARTS) is 1. The second kappa shape index (κ2) is 5.48. The molecule has 1 N–H and O–H groups in total. The van der Waals surface area contributed by atoms with Crippen LogP contribution in [0.4, 0.5) is 10.1 Å². The summed E-state index contributed by atoms with van der Waals surface area (Å²) < 4.78 is 18.7. The number of amides is 1. The van der Waals surface area contributed by atoms with Gasteiger partial charge in [0.2, 0.25) is 6.10 Å². The highest BCUT2D eigenvalue weighted by atomic mass is 19.1. The predicted octanol–water partition coefficient (Wildman–Crippen LogP) is 2.32. The number of aliphatic carboxylic acids is 1. The molecule has 0 unspecified atom stereocenters. The number of hydrogen-bond donors (Lipinski definition) is 1. The van der Waals surface area contributed by atoms with Crippen molar-refractivity contribution in [1.29, 1.82) is 0 Å². The maximum Gasteiger partial charge on any atom is 0.346 e. The Kier molecular flexibility index (Phi) is 3.50. The van der Waals surface area contributed by atoms with Gasteiger partial charge in [0.15, 0.2) is 0 Å². The van der Waals surface area contributed by atoms with Crippen LogP contribution >= 0.6 is 0 Å². The molecule has 112 valence electrons. The highest BCUT2D eigenvalue weighted by Crippen LogP contribution is 2.34. The summed E-state index contributed by atoms with van der Waals surface area (Å²) >= 11 is 0. The molecular formula is C16H12FNO4. The molecule has 0 saturated heterocycles. The predicted molar refractivity (Wildman–Crippen MR) is 76.6 cm³/mol. The molecule has 0 bridgehead atoms. The Morgan fingerprint density at radius 3 is 2.68 bits per heavy atom. The highest BCUT2D eigenvalue weighted by Gasteiger charge is 2.34. The number of para-hydroxylation sites is 2. The van der Waals surface area contributed by atoms with Crippen molar-refractivity contribution < 1.29 is 23.8 Å². The van der Waals surface area contributed by atoms with Crippen LogP contribution in [0.2, 0.25) is 0 Å². The summed E-state index contributed by atoms with van der Waals surface area (Å²) in [4.78, 5) is 25.1. The summed E-state index contributed by atoms with van der Waals surface area (Å²) in [6, 6.07) is 11.9. The maximum absolute atomic E-state index is 13.3. The molecule has 0 spiro atoms. The molecule has 3 rings (SSSR count). The summed E-state index contributed by atoms with van der Waals surface area (Å²) in [6.07, 6.45) is -1.16. The minimum absolute atomic E-state index is 0.137. The Labute approximate surface area is 125 Å². The van der Waals surface area contributed by atoms with E-state index in [0.717, 1.165) is 6.07 Å². The normalized spacial score (nSPS) is 16.6. The average molecular weight is 301 g/mol. The number of carboxylic acids is 1. The molecular weight excluding hydrogens is 289 g/mol. The SMILES string of the molecule is O=C(O)[C@@H]1CN(C(=O)c2cccc(F)c2)c2ccccc2O1. The van der Waals surface area contributed by atoms with Gasteiger partial charge in [-0.1, -0.05) is 18.2 Å². The average Bonchev–Trinajstić information content (AvgIpc) is 2.53. The van der Waals surface area contributed by atoms with Crippen LogP contribution in [0.5, 0.6) is 5.75 Å². The minimum Gasteiger partial charge on any atom is -0.478 e. The van der Waals surface area contributed by atoms with Gasteiger partial charge in [-0.2, -0.15) is 0 Å². The summed E-state index contributed by atoms with van der Waals surface area (Å²) in [5.41, 5.74) is 0.620. The molecule has 2 aromatic rings. The first-order valence-corrected chi connectivity index (χ1v) is 6.62. The van der Waals surface area contributed by atoms with E-state index in [-0.39, 0.29) is 12.1 Å². The molecule has 1 atom stereocenters. The number of carbonyl (C=O) groups excluding carboxylic acids is 1. The number of rotatable bonds is 2. The number of carbonyl (C=O) groups is 2. The zero-order valence-corrected chi connectivity index (χ0v) is 11.4. The summed E-state index contributed by atoms with van der Waals surface area (Å²) in [7, 11) is 0. The summed E-state index contributed by atoms with van der Waals surface area (Å²) in [6.45, 7) is -0.137. The van der Waals surface area contributed by atoms with Gasteiger partial charge in [-0.25, -0.2) is 9.18 Å². The van der Waals surface area contributed by atoms with E-state index < -0.39 is 23.8 Å². The van der Waals surface area contributed by atoms with E-state index in [1.54, 1.807) is 24.3 Å². The Balaban J connectivity index is 2.01. The molecule has 2 aromatic carbocycles. The van der Waals surface area contributed by atoms with Gasteiger partial charge in [-0.05, 0) is 30.3 Å². The highest BCUT2D eigenvalue weighted by molar-refractivity contribution is 6.07. The second-order valence-electron chi connectivity index (χ2n) is 4.84. The Bertz CT molecular complexity index is 746. The first kappa shape index (κ1) is 14.1. The lowest BCUT2D eigenvalue weighted by atomic mass is 10.1. The van der Waals surface area contributed by atoms with Crippen LogP contribution in [0.15, 0.2) is 48.5 Å². The van der Waals surface area contributed by atoms with Gasteiger partial charge in [-0.3, -0.25) is 4.79 Å². The molecule has 0 radical (unpaired) electrons. The van der Waals surface area contributed by atoms with E-state index in [4.69, 9.17) is 9.84 Å². The number of halogens is 1. The van der Waals surface area contributed by atoms with E-state index in [2.05, 4.69) is 0 Å². The molecule has 5 nitrogen and oxygen atoms in total. The number of fused-ring (bicyclic) bond motifs is 1. The van der Waals surface area contributed by atoms with Gasteiger partial charge in [-0.15, -0.1) is 0 Å². The van der Waals surface area contributed by atoms with Crippen LogP contribution in [0.25, 0.3) is 0 Å². The van der Waals surface area contributed by atoms with E-state index in [1.165, 1.54) is 23.1 Å². The molecule has 1 aliphatic rings. The van der Waals surface area contributed by atoms with Gasteiger partial charge < -0.3 is 14.7 Å². The molecule has 1 heterocycles. The molecule has 0 aliphatic carbocycles. The Hall–Kier alpha value is -2.89. The topological polar surface area (TPSA) is 66.8 Å². The number of nitrogens with zero attached hydrogens (tertiary/aromatic N) is 1. The molecule has 0 saturated carbocycles. The van der Waals surface area contributed by atoms with Gasteiger partial charge in [0.25, 0.3) is 5.91 Å². The van der Waals surface area contributed by atoms with E-state index in [9.17, 15) is 14.0 Å². The van der Waals surface area contributed by atoms with Crippen molar-refractivity contribution in [3.05, 3.63) is 59.9 Å². The monoisotopic (exact) mass is 301 g/mol. The number of hydrogen-bond acceptors (Lipinski definition) is 3. The fourth-order valence-corrected chi connectivity index (χ4v) is 2.33. The number of benzene rings is 2. The Morgan fingerprint density at radius 1 is 1.18 bits per heavy atom. The molecule has 1 aliphatic heterocycles. The summed E-state index contributed by atoms with van der Waals surface area (Å²) in [5, 5.41) is 9.16. The van der Waals surface area contributed by atoms with Crippen LogP contribution in [0.1, 0.15) is 10.4 Å². The molecule has 22 heavy (non-hydrogen) atoms. The fraction of sp³-hybridized carbons (Fsp3) is 0.125. The molecule has 0 aromatic heterocycles. The van der Waals surface area contributed by atoms with Gasteiger partial charge in [0.05, 0.1) is 12.2 Å². The molecule has 6 heteroatoms. The third-order valence-corrected chi connectivity index (χ3v) is 3.37. The van der Waals surface area contributed by atoms with Crippen LogP contribution in [0, 0.1) is 5.82 Å². The largest absolute Gasteiger partial charge is 0.478 e. The van der Waals surface area contributed by atoms with Crippen LogP contribution in [-0.4, -0.2) is 29.6 Å². The van der Waals surface area contributed by atoms with Crippen molar-refractivity contribution in [2.45, 2.75) is 6.10 Å². The van der Waals surface area contributed by atoms with Crippen LogP contribution < -0.4 is 9.64 Å². The lowest BCUT2D eigenvalue weighted by Crippen LogP contribution is -2.47. The van der Waals surface area contributed by atoms with Crippen molar-refractivity contribution >= 4 is 17.6 Å². The number of ether oxygens (including phenoxy) is 1. The first-order valence-electron chi connectivity index (χ1n) is 6.62. The Morgan fingerprint density at radius 2 is 1.95 bits per heavy atom. The van der Waals surface area contributed by atoms with Crippen molar-refractivity contribution in [2.24, 2.45) is 0 Å². The quantitative estimate of drug-likeness (QED) is 0.924. The minimum atomic E-state index is -1.16. The zero-order valence-electron chi connectivity index (χ0n) is 11.4. The van der Waals surface area contributed by atoms with Gasteiger partial charge in [0.1, 0.15) is 11.6 Å². The van der Waals surface area contributed by atoms with Crippen molar-refractivity contribution in [3.63, 3.8) is 0 Å². The zero-order chi connectivity index (χ0) is 15.7. The van der Waals surface area contributed by atoms with E-state index >= 15 is 0 Å². The lowest BCUT2D eigenvalue weighted by molar-refractivity contribution is -0.144. The smallest absolute Gasteiger partial charge is 0.346 e. The van der Waals surface area contributed by atoms with E-state index in [1.807, 2.05) is 0 Å². The molecule has 0 fully saturated rings. The third kappa shape index (κ3) is 2.50. The van der Waals surface area contributed by atoms with Gasteiger partial charge in [0, 0.05) is 5.56 Å². The van der Waals surface area contributed by atoms with Crippen molar-refractivity contribution in [2.75, 3.05) is 11.4 Å². The fourth-order valence-electron chi connectivity index (χ4n) is 2.33. The summed E-state index contributed by atoms with van der Waals surface area (Å²) in [5.74, 6) is -1.85. The number of anilines is 1. The first-order chi connectivity index (χ1) is 10.6. The van der Waals surface area contributed by atoms with Crippen LogP contribution in [0.3, 0.4) is 0 Å². The lowest BCUT2D eigenvalue weighted by Gasteiger charge is -2.33. The second-order valence-corrected chi connectivity index (χ2v) is 4.84. The van der Waals surface area contributed by atoms with Crippen molar-refractivity contribution in [3.8, 4) is 5.75 Å². The van der Waals surface area contributed by atoms with Crippen LogP contribution in [-0.2, 0) is 4.79 Å². The van der Waals surface area contributed by atoms with Crippen molar-refractivity contribution in [1.82, 2.24) is 0 Å². The maximum atomic E-state index is 13.3. The van der Waals surface area contributed by atoms with E-state index in [0.29, 0.717) is 11.4 Å². The molecule has 1 amide bonds. The van der Waals surface area contributed by atoms with Gasteiger partial charge >= 0.3 is 5.97 Å². The third-order valence-electron chi connectivity index (χ3n) is 3.37. The standard InChI is InChI=1S/C16H12FNO4/c17-11-5-3-4-10(8-11)15(19)18-9-14(16(20)21)22-13-7-2-1-6-12(13)18/h1-8,14H,9H2,(H,20,21)/t14-/m0/s1.